The maximum Gasteiger partial charge on any atom is 0.272 e. The van der Waals surface area contributed by atoms with Gasteiger partial charge in [0.05, 0.1) is 18.4 Å². The van der Waals surface area contributed by atoms with Gasteiger partial charge in [0.2, 0.25) is 0 Å². The number of fused-ring (bicyclic) bond motifs is 1. The Balaban J connectivity index is 1.38. The molecule has 0 saturated heterocycles. The van der Waals surface area contributed by atoms with Gasteiger partial charge in [0, 0.05) is 18.3 Å². The fraction of sp³-hybridized carbons (Fsp3) is 0.231. The molecule has 1 aliphatic carbocycles. The van der Waals surface area contributed by atoms with Crippen molar-refractivity contribution in [3.63, 3.8) is 0 Å². The summed E-state index contributed by atoms with van der Waals surface area (Å²) in [5.41, 5.74) is 7.23. The van der Waals surface area contributed by atoms with Crippen LogP contribution in [0.25, 0.3) is 10.8 Å². The van der Waals surface area contributed by atoms with E-state index in [9.17, 15) is 14.4 Å². The summed E-state index contributed by atoms with van der Waals surface area (Å²) in [5, 5.41) is 15.1. The minimum Gasteiger partial charge on any atom is -0.364 e. The zero-order chi connectivity index (χ0) is 25.1. The van der Waals surface area contributed by atoms with Crippen LogP contribution in [0.15, 0.2) is 60.9 Å². The summed E-state index contributed by atoms with van der Waals surface area (Å²) < 4.78 is 1.52. The van der Waals surface area contributed by atoms with E-state index < -0.39 is 5.91 Å². The van der Waals surface area contributed by atoms with Crippen LogP contribution in [0.1, 0.15) is 56.2 Å². The first kappa shape index (κ1) is 23.2. The van der Waals surface area contributed by atoms with Crippen LogP contribution < -0.4 is 16.4 Å². The smallest absolute Gasteiger partial charge is 0.272 e. The molecule has 4 aromatic rings. The first-order chi connectivity index (χ1) is 17.5. The Morgan fingerprint density at radius 2 is 1.81 bits per heavy atom. The van der Waals surface area contributed by atoms with Crippen molar-refractivity contribution < 1.29 is 14.4 Å². The van der Waals surface area contributed by atoms with Crippen LogP contribution in [0.4, 0.5) is 5.69 Å². The predicted molar refractivity (Wildman–Crippen MR) is 133 cm³/mol. The number of hydrogen-bond acceptors (Lipinski definition) is 6. The second-order valence-electron chi connectivity index (χ2n) is 8.84. The lowest BCUT2D eigenvalue weighted by Gasteiger charge is -2.25. The first-order valence-electron chi connectivity index (χ1n) is 11.7. The van der Waals surface area contributed by atoms with E-state index >= 15 is 0 Å². The number of pyridine rings is 1. The van der Waals surface area contributed by atoms with Crippen molar-refractivity contribution >= 4 is 34.2 Å². The Kier molecular flexibility index (Phi) is 6.40. The molecular formula is C26H25N7O3. The van der Waals surface area contributed by atoms with Gasteiger partial charge in [-0.1, -0.05) is 42.0 Å². The molecule has 1 fully saturated rings. The summed E-state index contributed by atoms with van der Waals surface area (Å²) in [6, 6.07) is 14.4. The Morgan fingerprint density at radius 3 is 2.53 bits per heavy atom. The molecule has 4 N–H and O–H groups in total. The number of amides is 3. The number of aromatic nitrogens is 4. The van der Waals surface area contributed by atoms with Crippen molar-refractivity contribution in [3.05, 3.63) is 83.4 Å². The highest BCUT2D eigenvalue weighted by atomic mass is 16.2. The number of carbonyl (C=O) groups excluding carboxylic acids is 3. The SMILES string of the molecule is NC(=O)c1cn(Cc2ccc(C(=O)Nc3cccnc3C(=O)NCC3CCC3)c3ccccc23)nn1. The number of benzene rings is 2. The number of primary amides is 1. The minimum absolute atomic E-state index is 0.0827. The van der Waals surface area contributed by atoms with Crippen LogP contribution in [-0.2, 0) is 6.54 Å². The molecule has 5 rings (SSSR count). The molecule has 2 heterocycles. The molecule has 0 unspecified atom stereocenters. The molecule has 1 aliphatic rings. The molecule has 3 amide bonds. The van der Waals surface area contributed by atoms with Crippen LogP contribution in [0, 0.1) is 5.92 Å². The van der Waals surface area contributed by atoms with E-state index in [0.717, 1.165) is 29.2 Å². The highest BCUT2D eigenvalue weighted by molar-refractivity contribution is 6.15. The van der Waals surface area contributed by atoms with Crippen LogP contribution >= 0.6 is 0 Å². The molecule has 2 aromatic heterocycles. The molecule has 0 radical (unpaired) electrons. The monoisotopic (exact) mass is 483 g/mol. The summed E-state index contributed by atoms with van der Waals surface area (Å²) in [5.74, 6) is -0.790. The second-order valence-corrected chi connectivity index (χ2v) is 8.84. The van der Waals surface area contributed by atoms with E-state index in [4.69, 9.17) is 5.73 Å². The van der Waals surface area contributed by atoms with E-state index in [-0.39, 0.29) is 23.2 Å². The molecule has 2 aromatic carbocycles. The molecule has 0 atom stereocenters. The fourth-order valence-electron chi connectivity index (χ4n) is 4.25. The van der Waals surface area contributed by atoms with Gasteiger partial charge < -0.3 is 16.4 Å². The van der Waals surface area contributed by atoms with Gasteiger partial charge in [-0.2, -0.15) is 0 Å². The van der Waals surface area contributed by atoms with Gasteiger partial charge in [0.25, 0.3) is 17.7 Å². The predicted octanol–water partition coefficient (Wildman–Crippen LogP) is 2.76. The Labute approximate surface area is 206 Å². The summed E-state index contributed by atoms with van der Waals surface area (Å²) in [6.07, 6.45) is 6.46. The summed E-state index contributed by atoms with van der Waals surface area (Å²) in [6.45, 7) is 0.957. The number of nitrogens with two attached hydrogens (primary N) is 1. The Bertz CT molecular complexity index is 1460. The van der Waals surface area contributed by atoms with Gasteiger partial charge in [-0.3, -0.25) is 14.4 Å². The Morgan fingerprint density at radius 1 is 1.00 bits per heavy atom. The number of anilines is 1. The molecule has 0 spiro atoms. The van der Waals surface area contributed by atoms with Gasteiger partial charge in [0.15, 0.2) is 11.4 Å². The summed E-state index contributed by atoms with van der Waals surface area (Å²) >= 11 is 0. The van der Waals surface area contributed by atoms with E-state index in [1.165, 1.54) is 23.5 Å². The third kappa shape index (κ3) is 4.78. The van der Waals surface area contributed by atoms with E-state index in [2.05, 4.69) is 25.9 Å². The third-order valence-corrected chi connectivity index (χ3v) is 6.43. The number of carbonyl (C=O) groups is 3. The van der Waals surface area contributed by atoms with Gasteiger partial charge in [-0.15, -0.1) is 5.10 Å². The molecule has 10 nitrogen and oxygen atoms in total. The molecule has 10 heteroatoms. The minimum atomic E-state index is -0.649. The highest BCUT2D eigenvalue weighted by Gasteiger charge is 2.21. The second kappa shape index (κ2) is 9.95. The zero-order valence-corrected chi connectivity index (χ0v) is 19.5. The van der Waals surface area contributed by atoms with Crippen molar-refractivity contribution in [3.8, 4) is 0 Å². The van der Waals surface area contributed by atoms with Crippen molar-refractivity contribution in [2.24, 2.45) is 11.7 Å². The molecule has 36 heavy (non-hydrogen) atoms. The van der Waals surface area contributed by atoms with E-state index in [1.54, 1.807) is 18.2 Å². The Hall–Kier alpha value is -4.60. The largest absolute Gasteiger partial charge is 0.364 e. The maximum atomic E-state index is 13.3. The normalized spacial score (nSPS) is 13.2. The quantitative estimate of drug-likeness (QED) is 0.351. The van der Waals surface area contributed by atoms with Crippen LogP contribution in [-0.4, -0.2) is 44.2 Å². The van der Waals surface area contributed by atoms with Crippen LogP contribution in [0.3, 0.4) is 0 Å². The summed E-state index contributed by atoms with van der Waals surface area (Å²) in [7, 11) is 0. The molecule has 1 saturated carbocycles. The molecule has 0 aliphatic heterocycles. The van der Waals surface area contributed by atoms with Gasteiger partial charge in [-0.25, -0.2) is 9.67 Å². The number of rotatable bonds is 8. The fourth-order valence-corrected chi connectivity index (χ4v) is 4.25. The van der Waals surface area contributed by atoms with Gasteiger partial charge >= 0.3 is 0 Å². The first-order valence-corrected chi connectivity index (χ1v) is 11.7. The average Bonchev–Trinajstić information content (AvgIpc) is 3.32. The lowest BCUT2D eigenvalue weighted by molar-refractivity contribution is 0.0934. The standard InChI is InChI=1S/C26H25N7O3/c27-24(34)22-15-33(32-31-22)14-17-10-11-20(19-8-2-1-7-18(17)19)25(35)30-21-9-4-12-28-23(21)26(36)29-13-16-5-3-6-16/h1-2,4,7-12,15-16H,3,5-6,13-14H2,(H2,27,34)(H,29,36)(H,30,35). The van der Waals surface area contributed by atoms with Crippen LogP contribution in [0.2, 0.25) is 0 Å². The summed E-state index contributed by atoms with van der Waals surface area (Å²) in [4.78, 5) is 41.6. The average molecular weight is 484 g/mol. The number of nitrogens with one attached hydrogen (secondary N) is 2. The van der Waals surface area contributed by atoms with E-state index in [0.29, 0.717) is 30.3 Å². The highest BCUT2D eigenvalue weighted by Crippen LogP contribution is 2.26. The van der Waals surface area contributed by atoms with E-state index in [1.807, 2.05) is 30.3 Å². The topological polar surface area (TPSA) is 145 Å². The third-order valence-electron chi connectivity index (χ3n) is 6.43. The maximum absolute atomic E-state index is 13.3. The van der Waals surface area contributed by atoms with Crippen molar-refractivity contribution in [2.45, 2.75) is 25.8 Å². The van der Waals surface area contributed by atoms with Crippen LogP contribution in [0.5, 0.6) is 0 Å². The van der Waals surface area contributed by atoms with Crippen molar-refractivity contribution in [2.75, 3.05) is 11.9 Å². The number of nitrogens with zero attached hydrogens (tertiary/aromatic N) is 4. The molecule has 0 bridgehead atoms. The lowest BCUT2D eigenvalue weighted by Crippen LogP contribution is -2.33. The van der Waals surface area contributed by atoms with Crippen molar-refractivity contribution in [1.82, 2.24) is 25.3 Å². The molecular weight excluding hydrogens is 458 g/mol. The number of hydrogen-bond donors (Lipinski definition) is 3. The van der Waals surface area contributed by atoms with Gasteiger partial charge in [-0.05, 0) is 53.3 Å². The van der Waals surface area contributed by atoms with Gasteiger partial charge in [0.1, 0.15) is 0 Å². The lowest BCUT2D eigenvalue weighted by atomic mass is 9.85. The zero-order valence-electron chi connectivity index (χ0n) is 19.5. The van der Waals surface area contributed by atoms with Crippen molar-refractivity contribution in [1.29, 1.82) is 0 Å². The molecule has 182 valence electrons.